The highest BCUT2D eigenvalue weighted by molar-refractivity contribution is 5.12. The van der Waals surface area contributed by atoms with E-state index >= 15 is 0 Å². The van der Waals surface area contributed by atoms with Gasteiger partial charge in [-0.3, -0.25) is 0 Å². The number of nitrogens with zero attached hydrogens (tertiary/aromatic N) is 2. The highest BCUT2D eigenvalue weighted by Crippen LogP contribution is 2.47. The minimum atomic E-state index is -0.0511. The van der Waals surface area contributed by atoms with E-state index in [9.17, 15) is 0 Å². The topological polar surface area (TPSA) is 74.7 Å². The fraction of sp³-hybridized carbons (Fsp3) is 0.632. The van der Waals surface area contributed by atoms with Gasteiger partial charge < -0.3 is 24.3 Å². The van der Waals surface area contributed by atoms with Crippen LogP contribution in [-0.4, -0.2) is 35.3 Å². The van der Waals surface area contributed by atoms with Gasteiger partial charge in [-0.2, -0.15) is 0 Å². The number of aliphatic hydroxyl groups is 1. The van der Waals surface area contributed by atoms with E-state index in [0.717, 1.165) is 36.6 Å². The van der Waals surface area contributed by atoms with Crippen molar-refractivity contribution in [2.75, 3.05) is 14.1 Å². The molecule has 2 aromatic heterocycles. The van der Waals surface area contributed by atoms with E-state index in [1.165, 1.54) is 0 Å². The fourth-order valence-corrected chi connectivity index (χ4v) is 3.63. The summed E-state index contributed by atoms with van der Waals surface area (Å²) in [6.07, 6.45) is 2.08. The van der Waals surface area contributed by atoms with Crippen molar-refractivity contribution in [1.29, 1.82) is 0 Å². The molecule has 0 bridgehead atoms. The van der Waals surface area contributed by atoms with Crippen molar-refractivity contribution in [2.45, 2.75) is 52.4 Å². The van der Waals surface area contributed by atoms with Crippen LogP contribution < -0.4 is 5.32 Å². The van der Waals surface area contributed by atoms with Gasteiger partial charge in [-0.25, -0.2) is 0 Å². The summed E-state index contributed by atoms with van der Waals surface area (Å²) < 4.78 is 11.0. The monoisotopic (exact) mass is 347 g/mol. The summed E-state index contributed by atoms with van der Waals surface area (Å²) >= 11 is 0. The molecule has 0 unspecified atom stereocenters. The third-order valence-corrected chi connectivity index (χ3v) is 5.40. The van der Waals surface area contributed by atoms with Crippen LogP contribution >= 0.6 is 0 Å². The molecule has 1 fully saturated rings. The molecule has 0 spiro atoms. The maximum atomic E-state index is 9.06. The summed E-state index contributed by atoms with van der Waals surface area (Å²) in [6.45, 7) is 6.04. The van der Waals surface area contributed by atoms with E-state index in [2.05, 4.69) is 35.3 Å². The van der Waals surface area contributed by atoms with Gasteiger partial charge >= 0.3 is 0 Å². The van der Waals surface area contributed by atoms with Crippen molar-refractivity contribution in [3.63, 3.8) is 0 Å². The van der Waals surface area contributed by atoms with Crippen LogP contribution in [0.15, 0.2) is 27.1 Å². The van der Waals surface area contributed by atoms with E-state index in [4.69, 9.17) is 14.0 Å². The van der Waals surface area contributed by atoms with Crippen molar-refractivity contribution in [3.05, 3.63) is 41.2 Å². The second-order valence-electron chi connectivity index (χ2n) is 7.94. The van der Waals surface area contributed by atoms with E-state index in [0.29, 0.717) is 24.3 Å². The van der Waals surface area contributed by atoms with Gasteiger partial charge in [-0.1, -0.05) is 19.0 Å². The van der Waals surface area contributed by atoms with Gasteiger partial charge in [0.05, 0.1) is 18.8 Å². The van der Waals surface area contributed by atoms with Crippen molar-refractivity contribution < 1.29 is 14.0 Å². The Hall–Kier alpha value is -1.63. The number of furan rings is 1. The molecule has 3 rings (SSSR count). The lowest BCUT2D eigenvalue weighted by Crippen LogP contribution is -2.57. The van der Waals surface area contributed by atoms with Gasteiger partial charge in [0.2, 0.25) is 0 Å². The van der Waals surface area contributed by atoms with Crippen molar-refractivity contribution in [2.24, 2.45) is 11.3 Å². The molecule has 2 aromatic rings. The molecule has 2 atom stereocenters. The summed E-state index contributed by atoms with van der Waals surface area (Å²) in [7, 11) is 4.05. The zero-order chi connectivity index (χ0) is 18.0. The largest absolute Gasteiger partial charge is 0.462 e. The predicted molar refractivity (Wildman–Crippen MR) is 94.7 cm³/mol. The van der Waals surface area contributed by atoms with Crippen LogP contribution in [0.1, 0.15) is 43.2 Å². The average Bonchev–Trinajstić information content (AvgIpc) is 3.18. The number of aliphatic hydroxyl groups excluding tert-OH is 1. The SMILES string of the molecule is CN(C)Cc1cc(C[C@@H]2C[C@H](NCc3ccc(CO)o3)C2(C)C)no1. The van der Waals surface area contributed by atoms with E-state index < -0.39 is 0 Å². The lowest BCUT2D eigenvalue weighted by molar-refractivity contribution is 0.0114. The molecule has 138 valence electrons. The average molecular weight is 347 g/mol. The number of hydrogen-bond acceptors (Lipinski definition) is 6. The van der Waals surface area contributed by atoms with Crippen LogP contribution in [0.3, 0.4) is 0 Å². The van der Waals surface area contributed by atoms with Crippen molar-refractivity contribution in [3.8, 4) is 0 Å². The van der Waals surface area contributed by atoms with Crippen molar-refractivity contribution in [1.82, 2.24) is 15.4 Å². The fourth-order valence-electron chi connectivity index (χ4n) is 3.63. The Labute approximate surface area is 149 Å². The Morgan fingerprint density at radius 1 is 1.28 bits per heavy atom. The number of hydrogen-bond donors (Lipinski definition) is 2. The Morgan fingerprint density at radius 2 is 2.04 bits per heavy atom. The van der Waals surface area contributed by atoms with Crippen LogP contribution in [0, 0.1) is 11.3 Å². The number of nitrogens with one attached hydrogen (secondary N) is 1. The molecule has 6 heteroatoms. The van der Waals surface area contributed by atoms with E-state index in [1.807, 2.05) is 26.2 Å². The van der Waals surface area contributed by atoms with Gasteiger partial charge in [0.15, 0.2) is 5.76 Å². The second kappa shape index (κ2) is 7.32. The standard InChI is InChI=1S/C19H29N3O3/c1-19(2)13(7-14-9-17(25-21-14)11-22(3)4)8-18(19)20-10-15-5-6-16(12-23)24-15/h5-6,9,13,18,20,23H,7-8,10-12H2,1-4H3/t13-,18+/m1/s1. The van der Waals surface area contributed by atoms with Crippen LogP contribution in [0.4, 0.5) is 0 Å². The molecule has 1 aliphatic carbocycles. The van der Waals surface area contributed by atoms with Gasteiger partial charge in [-0.05, 0) is 50.4 Å². The summed E-state index contributed by atoms with van der Waals surface area (Å²) in [4.78, 5) is 2.08. The summed E-state index contributed by atoms with van der Waals surface area (Å²) in [5.41, 5.74) is 1.25. The maximum absolute atomic E-state index is 9.06. The molecule has 0 amide bonds. The highest BCUT2D eigenvalue weighted by Gasteiger charge is 2.47. The lowest BCUT2D eigenvalue weighted by Gasteiger charge is -2.52. The number of aromatic nitrogens is 1. The highest BCUT2D eigenvalue weighted by atomic mass is 16.5. The predicted octanol–water partition coefficient (Wildman–Crippen LogP) is 2.57. The molecule has 2 heterocycles. The maximum Gasteiger partial charge on any atom is 0.150 e. The Kier molecular flexibility index (Phi) is 5.32. The van der Waals surface area contributed by atoms with E-state index in [-0.39, 0.29) is 12.0 Å². The Bertz CT molecular complexity index is 690. The Balaban J connectivity index is 1.50. The first-order valence-electron chi connectivity index (χ1n) is 8.89. The third kappa shape index (κ3) is 4.14. The van der Waals surface area contributed by atoms with E-state index in [1.54, 1.807) is 0 Å². The summed E-state index contributed by atoms with van der Waals surface area (Å²) in [6, 6.07) is 6.27. The lowest BCUT2D eigenvalue weighted by atomic mass is 9.57. The molecule has 2 N–H and O–H groups in total. The molecule has 0 aliphatic heterocycles. The van der Waals surface area contributed by atoms with Gasteiger partial charge in [-0.15, -0.1) is 0 Å². The molecule has 0 aromatic carbocycles. The second-order valence-corrected chi connectivity index (χ2v) is 7.94. The molecule has 1 aliphatic rings. The first-order valence-corrected chi connectivity index (χ1v) is 8.89. The van der Waals surface area contributed by atoms with Crippen LogP contribution in [-0.2, 0) is 26.1 Å². The molecule has 6 nitrogen and oxygen atoms in total. The van der Waals surface area contributed by atoms with Crippen LogP contribution in [0.25, 0.3) is 0 Å². The first kappa shape index (κ1) is 18.2. The Morgan fingerprint density at radius 3 is 2.68 bits per heavy atom. The number of rotatable bonds is 8. The van der Waals surface area contributed by atoms with Crippen molar-refractivity contribution >= 4 is 0 Å². The molecular formula is C19H29N3O3. The smallest absolute Gasteiger partial charge is 0.150 e. The van der Waals surface area contributed by atoms with Gasteiger partial charge in [0.25, 0.3) is 0 Å². The normalized spacial score (nSPS) is 22.3. The molecule has 1 saturated carbocycles. The summed E-state index contributed by atoms with van der Waals surface area (Å²) in [5.74, 6) is 2.99. The quantitative estimate of drug-likeness (QED) is 0.764. The minimum Gasteiger partial charge on any atom is -0.462 e. The molecule has 0 saturated heterocycles. The van der Waals surface area contributed by atoms with Crippen LogP contribution in [0.2, 0.25) is 0 Å². The van der Waals surface area contributed by atoms with Gasteiger partial charge in [0.1, 0.15) is 18.1 Å². The molecular weight excluding hydrogens is 318 g/mol. The zero-order valence-corrected chi connectivity index (χ0v) is 15.6. The summed E-state index contributed by atoms with van der Waals surface area (Å²) in [5, 5.41) is 16.9. The molecule has 25 heavy (non-hydrogen) atoms. The van der Waals surface area contributed by atoms with Crippen LogP contribution in [0.5, 0.6) is 0 Å². The zero-order valence-electron chi connectivity index (χ0n) is 15.6. The minimum absolute atomic E-state index is 0.0511. The first-order chi connectivity index (χ1) is 11.9. The van der Waals surface area contributed by atoms with Gasteiger partial charge in [0, 0.05) is 12.1 Å². The molecule has 0 radical (unpaired) electrons. The third-order valence-electron chi connectivity index (χ3n) is 5.40.